The number of nitrogens with one attached hydrogen (secondary N) is 1. The standard InChI is InChI=1S/C22H19N3O7S/c1-2-29-22(28)19-15(16-5-3-10-30-16)13-33-20(19)24-18(26)12-31-21(27)17-7-6-14(32-17)11-25-9-4-8-23-25/h3-10,13H,2,11-12H2,1H3,(H,24,26). The lowest BCUT2D eigenvalue weighted by Gasteiger charge is -2.08. The molecule has 0 aromatic carbocycles. The van der Waals surface area contributed by atoms with Crippen LogP contribution in [0.2, 0.25) is 0 Å². The van der Waals surface area contributed by atoms with Gasteiger partial charge in [0.25, 0.3) is 5.91 Å². The van der Waals surface area contributed by atoms with Crippen LogP contribution in [0.4, 0.5) is 5.00 Å². The third-order valence-corrected chi connectivity index (χ3v) is 5.28. The minimum atomic E-state index is -0.787. The van der Waals surface area contributed by atoms with Gasteiger partial charge >= 0.3 is 11.9 Å². The number of nitrogens with zero attached hydrogens (tertiary/aromatic N) is 2. The molecule has 10 nitrogen and oxygen atoms in total. The first kappa shape index (κ1) is 22.1. The maximum atomic E-state index is 12.5. The van der Waals surface area contributed by atoms with E-state index in [2.05, 4.69) is 10.4 Å². The maximum absolute atomic E-state index is 12.5. The molecule has 0 saturated carbocycles. The van der Waals surface area contributed by atoms with E-state index in [4.69, 9.17) is 18.3 Å². The first-order chi connectivity index (χ1) is 16.0. The van der Waals surface area contributed by atoms with Gasteiger partial charge in [0.05, 0.1) is 19.4 Å². The molecule has 1 N–H and O–H groups in total. The molecule has 0 atom stereocenters. The number of hydrogen-bond donors (Lipinski definition) is 1. The van der Waals surface area contributed by atoms with Crippen LogP contribution in [0.5, 0.6) is 0 Å². The molecule has 0 spiro atoms. The van der Waals surface area contributed by atoms with Crippen LogP contribution in [0.25, 0.3) is 11.3 Å². The lowest BCUT2D eigenvalue weighted by Crippen LogP contribution is -2.21. The number of rotatable bonds is 9. The second-order valence-electron chi connectivity index (χ2n) is 6.65. The molecule has 0 aliphatic rings. The zero-order valence-electron chi connectivity index (χ0n) is 17.5. The van der Waals surface area contributed by atoms with Gasteiger partial charge in [0.15, 0.2) is 6.61 Å². The fourth-order valence-electron chi connectivity index (χ4n) is 2.96. The predicted molar refractivity (Wildman–Crippen MR) is 117 cm³/mol. The Labute approximate surface area is 191 Å². The van der Waals surface area contributed by atoms with Gasteiger partial charge in [0.2, 0.25) is 5.76 Å². The van der Waals surface area contributed by atoms with Crippen LogP contribution >= 0.6 is 11.3 Å². The second kappa shape index (κ2) is 10.0. The average molecular weight is 469 g/mol. The Morgan fingerprint density at radius 2 is 2.03 bits per heavy atom. The molecule has 11 heteroatoms. The molecule has 4 aromatic heterocycles. The Morgan fingerprint density at radius 1 is 1.15 bits per heavy atom. The van der Waals surface area contributed by atoms with Crippen molar-refractivity contribution in [3.8, 4) is 11.3 Å². The molecule has 0 radical (unpaired) electrons. The Balaban J connectivity index is 1.38. The number of thiophene rings is 1. The lowest BCUT2D eigenvalue weighted by molar-refractivity contribution is -0.119. The van der Waals surface area contributed by atoms with Crippen LogP contribution in [-0.4, -0.2) is 40.8 Å². The summed E-state index contributed by atoms with van der Waals surface area (Å²) in [5.74, 6) is -1.07. The van der Waals surface area contributed by atoms with Gasteiger partial charge in [0.1, 0.15) is 22.1 Å². The van der Waals surface area contributed by atoms with E-state index in [1.54, 1.807) is 53.6 Å². The van der Waals surface area contributed by atoms with Crippen LogP contribution in [0.3, 0.4) is 0 Å². The van der Waals surface area contributed by atoms with Crippen molar-refractivity contribution in [3.05, 3.63) is 71.5 Å². The number of anilines is 1. The van der Waals surface area contributed by atoms with E-state index in [0.29, 0.717) is 23.6 Å². The number of hydrogen-bond acceptors (Lipinski definition) is 9. The highest BCUT2D eigenvalue weighted by atomic mass is 32.1. The maximum Gasteiger partial charge on any atom is 0.374 e. The van der Waals surface area contributed by atoms with Crippen LogP contribution in [0.1, 0.15) is 33.6 Å². The summed E-state index contributed by atoms with van der Waals surface area (Å²) in [6, 6.07) is 8.25. The number of furan rings is 2. The zero-order valence-corrected chi connectivity index (χ0v) is 18.3. The first-order valence-corrected chi connectivity index (χ1v) is 10.8. The molecule has 4 rings (SSSR count). The number of carbonyl (C=O) groups is 3. The third kappa shape index (κ3) is 5.21. The van der Waals surface area contributed by atoms with Crippen molar-refractivity contribution >= 4 is 34.2 Å². The smallest absolute Gasteiger partial charge is 0.374 e. The van der Waals surface area contributed by atoms with Crippen molar-refractivity contribution in [1.29, 1.82) is 0 Å². The summed E-state index contributed by atoms with van der Waals surface area (Å²) in [7, 11) is 0. The van der Waals surface area contributed by atoms with Gasteiger partial charge in [-0.3, -0.25) is 9.48 Å². The van der Waals surface area contributed by atoms with Crippen molar-refractivity contribution in [2.75, 3.05) is 18.5 Å². The van der Waals surface area contributed by atoms with Crippen LogP contribution in [-0.2, 0) is 20.8 Å². The number of amides is 1. The van der Waals surface area contributed by atoms with E-state index in [1.807, 2.05) is 0 Å². The van der Waals surface area contributed by atoms with Gasteiger partial charge in [0, 0.05) is 23.3 Å². The van der Waals surface area contributed by atoms with Gasteiger partial charge in [-0.1, -0.05) is 0 Å². The van der Waals surface area contributed by atoms with Gasteiger partial charge in [-0.2, -0.15) is 5.10 Å². The largest absolute Gasteiger partial charge is 0.464 e. The van der Waals surface area contributed by atoms with E-state index in [9.17, 15) is 14.4 Å². The molecule has 33 heavy (non-hydrogen) atoms. The Bertz CT molecular complexity index is 1240. The Hall–Kier alpha value is -4.12. The normalized spacial score (nSPS) is 10.7. The summed E-state index contributed by atoms with van der Waals surface area (Å²) >= 11 is 1.13. The first-order valence-electron chi connectivity index (χ1n) is 9.90. The fraction of sp³-hybridized carbons (Fsp3) is 0.182. The van der Waals surface area contributed by atoms with E-state index in [0.717, 1.165) is 11.3 Å². The minimum Gasteiger partial charge on any atom is -0.464 e. The summed E-state index contributed by atoms with van der Waals surface area (Å²) in [5, 5.41) is 8.60. The van der Waals surface area contributed by atoms with Crippen LogP contribution < -0.4 is 5.32 Å². The van der Waals surface area contributed by atoms with Gasteiger partial charge in [-0.25, -0.2) is 9.59 Å². The predicted octanol–water partition coefficient (Wildman–Crippen LogP) is 3.82. The van der Waals surface area contributed by atoms with E-state index < -0.39 is 24.5 Å². The Kier molecular flexibility index (Phi) is 6.69. The van der Waals surface area contributed by atoms with E-state index in [1.165, 1.54) is 12.3 Å². The molecule has 1 amide bonds. The molecule has 0 aliphatic carbocycles. The van der Waals surface area contributed by atoms with Crippen LogP contribution in [0, 0.1) is 0 Å². The molecule has 0 bridgehead atoms. The van der Waals surface area contributed by atoms with Crippen molar-refractivity contribution in [2.24, 2.45) is 0 Å². The van der Waals surface area contributed by atoms with Gasteiger partial charge in [-0.15, -0.1) is 11.3 Å². The summed E-state index contributed by atoms with van der Waals surface area (Å²) in [6.45, 7) is 1.64. The topological polar surface area (TPSA) is 126 Å². The minimum absolute atomic E-state index is 0.0339. The van der Waals surface area contributed by atoms with Crippen LogP contribution in [0.15, 0.2) is 63.2 Å². The number of ether oxygens (including phenoxy) is 2. The number of esters is 2. The zero-order chi connectivity index (χ0) is 23.2. The molecule has 0 fully saturated rings. The number of aromatic nitrogens is 2. The molecule has 4 heterocycles. The quantitative estimate of drug-likeness (QED) is 0.367. The molecular weight excluding hydrogens is 450 g/mol. The van der Waals surface area contributed by atoms with Gasteiger partial charge < -0.3 is 23.6 Å². The molecule has 0 saturated heterocycles. The molecule has 4 aromatic rings. The molecule has 0 unspecified atom stereocenters. The van der Waals surface area contributed by atoms with Crippen molar-refractivity contribution in [2.45, 2.75) is 13.5 Å². The molecular formula is C22H19N3O7S. The van der Waals surface area contributed by atoms with E-state index >= 15 is 0 Å². The average Bonchev–Trinajstić information content (AvgIpc) is 3.59. The monoisotopic (exact) mass is 469 g/mol. The highest BCUT2D eigenvalue weighted by Crippen LogP contribution is 2.36. The highest BCUT2D eigenvalue weighted by molar-refractivity contribution is 7.15. The molecule has 0 aliphatic heterocycles. The van der Waals surface area contributed by atoms with Crippen molar-refractivity contribution in [1.82, 2.24) is 9.78 Å². The summed E-state index contributed by atoms with van der Waals surface area (Å²) in [4.78, 5) is 37.1. The summed E-state index contributed by atoms with van der Waals surface area (Å²) < 4.78 is 22.6. The summed E-state index contributed by atoms with van der Waals surface area (Å²) in [5.41, 5.74) is 0.668. The van der Waals surface area contributed by atoms with Gasteiger partial charge in [-0.05, 0) is 37.3 Å². The van der Waals surface area contributed by atoms with Crippen molar-refractivity contribution in [3.63, 3.8) is 0 Å². The van der Waals surface area contributed by atoms with Crippen molar-refractivity contribution < 1.29 is 32.7 Å². The fourth-order valence-corrected chi connectivity index (χ4v) is 3.91. The third-order valence-electron chi connectivity index (χ3n) is 4.38. The lowest BCUT2D eigenvalue weighted by atomic mass is 10.1. The second-order valence-corrected chi connectivity index (χ2v) is 7.52. The van der Waals surface area contributed by atoms with E-state index in [-0.39, 0.29) is 22.9 Å². The number of carbonyl (C=O) groups excluding carboxylic acids is 3. The Morgan fingerprint density at radius 3 is 2.76 bits per heavy atom. The highest BCUT2D eigenvalue weighted by Gasteiger charge is 2.24. The summed E-state index contributed by atoms with van der Waals surface area (Å²) in [6.07, 6.45) is 4.88. The SMILES string of the molecule is CCOC(=O)c1c(-c2ccco2)csc1NC(=O)COC(=O)c1ccc(Cn2cccn2)o1. The molecule has 170 valence electrons.